The van der Waals surface area contributed by atoms with Crippen LogP contribution in [0, 0.1) is 0 Å². The lowest BCUT2D eigenvalue weighted by Gasteiger charge is -2.15. The van der Waals surface area contributed by atoms with Crippen molar-refractivity contribution in [1.82, 2.24) is 9.97 Å². The van der Waals surface area contributed by atoms with Gasteiger partial charge in [-0.15, -0.1) is 11.3 Å². The summed E-state index contributed by atoms with van der Waals surface area (Å²) in [6.45, 7) is 8.70. The highest BCUT2D eigenvalue weighted by molar-refractivity contribution is 7.15. The number of hydrogen-bond acceptors (Lipinski definition) is 4. The zero-order chi connectivity index (χ0) is 13.3. The van der Waals surface area contributed by atoms with Crippen LogP contribution >= 0.6 is 11.3 Å². The Morgan fingerprint density at radius 2 is 1.94 bits per heavy atom. The highest BCUT2D eigenvalue weighted by Gasteiger charge is 2.17. The van der Waals surface area contributed by atoms with Crippen molar-refractivity contribution in [2.75, 3.05) is 5.73 Å². The molecule has 0 saturated heterocycles. The van der Waals surface area contributed by atoms with Crippen molar-refractivity contribution >= 4 is 17.2 Å². The molecule has 3 nitrogen and oxygen atoms in total. The topological polar surface area (TPSA) is 51.8 Å². The van der Waals surface area contributed by atoms with Gasteiger partial charge in [0, 0.05) is 16.6 Å². The van der Waals surface area contributed by atoms with Gasteiger partial charge in [0.25, 0.3) is 0 Å². The second kappa shape index (κ2) is 4.69. The monoisotopic (exact) mass is 261 g/mol. The maximum atomic E-state index is 5.82. The predicted octanol–water partition coefficient (Wildman–Crippen LogP) is 3.65. The van der Waals surface area contributed by atoms with Gasteiger partial charge in [0.15, 0.2) is 5.82 Å². The minimum atomic E-state index is 0.164. The second-order valence-electron chi connectivity index (χ2n) is 5.38. The molecule has 2 N–H and O–H groups in total. The van der Waals surface area contributed by atoms with Crippen molar-refractivity contribution in [3.63, 3.8) is 0 Å². The largest absolute Gasteiger partial charge is 0.384 e. The van der Waals surface area contributed by atoms with Crippen LogP contribution in [0.2, 0.25) is 0 Å². The van der Waals surface area contributed by atoms with Gasteiger partial charge in [-0.05, 0) is 24.0 Å². The van der Waals surface area contributed by atoms with Gasteiger partial charge in [0.2, 0.25) is 0 Å². The molecule has 0 unspecified atom stereocenters. The SMILES string of the molecule is CCc1cc(N)nc(-c2ccc(C(C)(C)C)s2)n1. The van der Waals surface area contributed by atoms with E-state index in [1.165, 1.54) is 4.88 Å². The zero-order valence-corrected chi connectivity index (χ0v) is 12.1. The molecule has 2 aromatic rings. The quantitative estimate of drug-likeness (QED) is 0.897. The summed E-state index contributed by atoms with van der Waals surface area (Å²) >= 11 is 1.74. The maximum Gasteiger partial charge on any atom is 0.171 e. The van der Waals surface area contributed by atoms with Gasteiger partial charge in [0.1, 0.15) is 5.82 Å². The fraction of sp³-hybridized carbons (Fsp3) is 0.429. The Labute approximate surface area is 112 Å². The first-order valence-electron chi connectivity index (χ1n) is 6.14. The lowest BCUT2D eigenvalue weighted by atomic mass is 9.95. The first-order chi connectivity index (χ1) is 8.40. The smallest absolute Gasteiger partial charge is 0.171 e. The lowest BCUT2D eigenvalue weighted by molar-refractivity contribution is 0.604. The highest BCUT2D eigenvalue weighted by atomic mass is 32.1. The third kappa shape index (κ3) is 2.70. The molecule has 2 rings (SSSR count). The molecule has 2 heterocycles. The summed E-state index contributed by atoms with van der Waals surface area (Å²) in [5.74, 6) is 1.29. The Kier molecular flexibility index (Phi) is 3.39. The molecule has 0 radical (unpaired) electrons. The molecule has 0 bridgehead atoms. The summed E-state index contributed by atoms with van der Waals surface area (Å²) in [5, 5.41) is 0. The molecule has 0 amide bonds. The van der Waals surface area contributed by atoms with Gasteiger partial charge in [0.05, 0.1) is 4.88 Å². The number of aryl methyl sites for hydroxylation is 1. The Morgan fingerprint density at radius 1 is 1.22 bits per heavy atom. The molecule has 2 aromatic heterocycles. The fourth-order valence-corrected chi connectivity index (χ4v) is 2.67. The zero-order valence-electron chi connectivity index (χ0n) is 11.3. The molecule has 4 heteroatoms. The normalized spacial score (nSPS) is 11.8. The molecule has 0 saturated carbocycles. The molecule has 0 aliphatic heterocycles. The van der Waals surface area contributed by atoms with E-state index in [1.54, 1.807) is 11.3 Å². The number of aromatic nitrogens is 2. The van der Waals surface area contributed by atoms with Crippen molar-refractivity contribution in [1.29, 1.82) is 0 Å². The summed E-state index contributed by atoms with van der Waals surface area (Å²) in [6.07, 6.45) is 0.872. The molecular weight excluding hydrogens is 242 g/mol. The van der Waals surface area contributed by atoms with E-state index in [-0.39, 0.29) is 5.41 Å². The molecule has 0 aromatic carbocycles. The van der Waals surface area contributed by atoms with E-state index in [9.17, 15) is 0 Å². The molecule has 0 spiro atoms. The van der Waals surface area contributed by atoms with Crippen molar-refractivity contribution in [2.24, 2.45) is 0 Å². The van der Waals surface area contributed by atoms with Crippen LogP contribution in [0.4, 0.5) is 5.82 Å². The number of hydrogen-bond donors (Lipinski definition) is 1. The van der Waals surface area contributed by atoms with Crippen LogP contribution in [0.15, 0.2) is 18.2 Å². The molecule has 0 fully saturated rings. The number of rotatable bonds is 2. The van der Waals surface area contributed by atoms with E-state index in [0.717, 1.165) is 22.8 Å². The standard InChI is InChI=1S/C14H19N3S/c1-5-9-8-12(15)17-13(16-9)10-6-7-11(18-10)14(2,3)4/h6-8H,5H2,1-4H3,(H2,15,16,17). The molecule has 0 aliphatic rings. The van der Waals surface area contributed by atoms with E-state index in [1.807, 2.05) is 6.07 Å². The Balaban J connectivity index is 2.43. The molecular formula is C14H19N3S. The van der Waals surface area contributed by atoms with Crippen LogP contribution in [0.5, 0.6) is 0 Å². The number of thiophene rings is 1. The Hall–Kier alpha value is -1.42. The average molecular weight is 261 g/mol. The third-order valence-electron chi connectivity index (χ3n) is 2.73. The van der Waals surface area contributed by atoms with Crippen molar-refractivity contribution in [2.45, 2.75) is 39.5 Å². The van der Waals surface area contributed by atoms with E-state index in [2.05, 4.69) is 49.8 Å². The van der Waals surface area contributed by atoms with Gasteiger partial charge >= 0.3 is 0 Å². The van der Waals surface area contributed by atoms with Crippen LogP contribution in [0.3, 0.4) is 0 Å². The van der Waals surface area contributed by atoms with Crippen LogP contribution < -0.4 is 5.73 Å². The van der Waals surface area contributed by atoms with Crippen molar-refractivity contribution in [3.8, 4) is 10.7 Å². The lowest BCUT2D eigenvalue weighted by Crippen LogP contribution is -2.07. The number of nitrogens with zero attached hydrogens (tertiary/aromatic N) is 2. The van der Waals surface area contributed by atoms with E-state index in [0.29, 0.717) is 5.82 Å². The van der Waals surface area contributed by atoms with Crippen LogP contribution in [0.1, 0.15) is 38.3 Å². The summed E-state index contributed by atoms with van der Waals surface area (Å²) in [4.78, 5) is 11.3. The van der Waals surface area contributed by atoms with E-state index >= 15 is 0 Å². The van der Waals surface area contributed by atoms with Crippen LogP contribution in [-0.4, -0.2) is 9.97 Å². The second-order valence-corrected chi connectivity index (χ2v) is 6.46. The molecule has 0 atom stereocenters. The van der Waals surface area contributed by atoms with Crippen LogP contribution in [-0.2, 0) is 11.8 Å². The van der Waals surface area contributed by atoms with E-state index < -0.39 is 0 Å². The summed E-state index contributed by atoms with van der Waals surface area (Å²) in [6, 6.07) is 6.07. The summed E-state index contributed by atoms with van der Waals surface area (Å²) in [5.41, 5.74) is 6.97. The Morgan fingerprint density at radius 3 is 2.50 bits per heavy atom. The maximum absolute atomic E-state index is 5.82. The number of anilines is 1. The fourth-order valence-electron chi connectivity index (χ4n) is 1.67. The highest BCUT2D eigenvalue weighted by Crippen LogP contribution is 2.33. The van der Waals surface area contributed by atoms with Gasteiger partial charge < -0.3 is 5.73 Å². The van der Waals surface area contributed by atoms with Gasteiger partial charge in [-0.2, -0.15) is 0 Å². The first kappa shape index (κ1) is 13.0. The predicted molar refractivity (Wildman–Crippen MR) is 77.8 cm³/mol. The van der Waals surface area contributed by atoms with Crippen molar-refractivity contribution in [3.05, 3.63) is 28.8 Å². The van der Waals surface area contributed by atoms with E-state index in [4.69, 9.17) is 5.73 Å². The third-order valence-corrected chi connectivity index (χ3v) is 4.23. The van der Waals surface area contributed by atoms with Gasteiger partial charge in [-0.25, -0.2) is 9.97 Å². The number of nitrogen functional groups attached to an aromatic ring is 1. The van der Waals surface area contributed by atoms with Crippen LogP contribution in [0.25, 0.3) is 10.7 Å². The minimum Gasteiger partial charge on any atom is -0.384 e. The van der Waals surface area contributed by atoms with Gasteiger partial charge in [-0.3, -0.25) is 0 Å². The van der Waals surface area contributed by atoms with Gasteiger partial charge in [-0.1, -0.05) is 27.7 Å². The van der Waals surface area contributed by atoms with Crippen molar-refractivity contribution < 1.29 is 0 Å². The first-order valence-corrected chi connectivity index (χ1v) is 6.96. The summed E-state index contributed by atoms with van der Waals surface area (Å²) < 4.78 is 0. The Bertz CT molecular complexity index is 552. The average Bonchev–Trinajstić information content (AvgIpc) is 2.77. The summed E-state index contributed by atoms with van der Waals surface area (Å²) in [7, 11) is 0. The molecule has 18 heavy (non-hydrogen) atoms. The molecule has 96 valence electrons. The molecule has 0 aliphatic carbocycles. The number of nitrogens with two attached hydrogens (primary N) is 1. The minimum absolute atomic E-state index is 0.164.